The summed E-state index contributed by atoms with van der Waals surface area (Å²) in [6.07, 6.45) is 6.94. The van der Waals surface area contributed by atoms with Crippen LogP contribution in [-0.2, 0) is 4.79 Å². The van der Waals surface area contributed by atoms with Crippen LogP contribution < -0.4 is 11.1 Å². The second kappa shape index (κ2) is 5.33. The Morgan fingerprint density at radius 1 is 1.75 bits per heavy atom. The summed E-state index contributed by atoms with van der Waals surface area (Å²) in [7, 11) is 0. The van der Waals surface area contributed by atoms with Crippen molar-refractivity contribution in [2.24, 2.45) is 5.73 Å². The Hall–Kier alpha value is -1.80. The van der Waals surface area contributed by atoms with Gasteiger partial charge in [-0.05, 0) is 13.8 Å². The van der Waals surface area contributed by atoms with Crippen molar-refractivity contribution in [3.63, 3.8) is 0 Å². The maximum absolute atomic E-state index is 11.6. The molecule has 0 radical (unpaired) electrons. The molecule has 16 heavy (non-hydrogen) atoms. The minimum Gasteiger partial charge on any atom is -0.319 e. The molecular weight excluding hydrogens is 204 g/mol. The average Bonchev–Trinajstić information content (AvgIpc) is 2.66. The molecule has 3 N–H and O–H groups in total. The number of rotatable bonds is 4. The molecule has 1 atom stereocenters. The number of carbonyl (C=O) groups excluding carboxylic acids is 1. The minimum absolute atomic E-state index is 0.175. The number of hydrogen-bond donors (Lipinski definition) is 2. The van der Waals surface area contributed by atoms with Crippen LogP contribution in [-0.4, -0.2) is 21.7 Å². The maximum atomic E-state index is 11.6. The lowest BCUT2D eigenvalue weighted by atomic mass is 10.2. The van der Waals surface area contributed by atoms with E-state index in [0.29, 0.717) is 5.82 Å². The smallest absolute Gasteiger partial charge is 0.243 e. The third kappa shape index (κ3) is 2.84. The number of aromatic nitrogens is 2. The summed E-state index contributed by atoms with van der Waals surface area (Å²) < 4.78 is 1.71. The molecule has 0 aliphatic rings. The van der Waals surface area contributed by atoms with Gasteiger partial charge in [0.05, 0.1) is 12.2 Å². The number of nitrogens with zero attached hydrogens (tertiary/aromatic N) is 2. The van der Waals surface area contributed by atoms with Gasteiger partial charge in [-0.25, -0.2) is 4.68 Å². The Labute approximate surface area is 95.0 Å². The number of nitrogens with one attached hydrogen (secondary N) is 1. The van der Waals surface area contributed by atoms with E-state index >= 15 is 0 Å². The fraction of sp³-hybridized carbons (Fsp3) is 0.455. The van der Waals surface area contributed by atoms with Crippen LogP contribution in [0.2, 0.25) is 0 Å². The summed E-state index contributed by atoms with van der Waals surface area (Å²) >= 11 is 0. The Balaban J connectivity index is 2.70. The van der Waals surface area contributed by atoms with Crippen LogP contribution in [0.5, 0.6) is 0 Å². The van der Waals surface area contributed by atoms with Gasteiger partial charge >= 0.3 is 0 Å². The number of carbonyl (C=O) groups is 1. The molecule has 5 heteroatoms. The molecule has 1 heterocycles. The molecule has 0 saturated heterocycles. The first-order valence-electron chi connectivity index (χ1n) is 5.09. The van der Waals surface area contributed by atoms with Gasteiger partial charge in [-0.15, -0.1) is 12.3 Å². The van der Waals surface area contributed by atoms with Crippen molar-refractivity contribution in [1.82, 2.24) is 9.78 Å². The van der Waals surface area contributed by atoms with E-state index < -0.39 is 6.04 Å². The number of amides is 1. The molecular formula is C11H16N4O. The third-order valence-corrected chi connectivity index (χ3v) is 2.09. The van der Waals surface area contributed by atoms with Crippen LogP contribution in [0.1, 0.15) is 26.3 Å². The van der Waals surface area contributed by atoms with Gasteiger partial charge in [0.2, 0.25) is 5.91 Å². The molecule has 0 saturated carbocycles. The highest BCUT2D eigenvalue weighted by Gasteiger charge is 2.14. The van der Waals surface area contributed by atoms with E-state index in [1.54, 1.807) is 16.9 Å². The maximum Gasteiger partial charge on any atom is 0.243 e. The highest BCUT2D eigenvalue weighted by atomic mass is 16.2. The fourth-order valence-corrected chi connectivity index (χ4v) is 1.26. The lowest BCUT2D eigenvalue weighted by molar-refractivity contribution is -0.117. The van der Waals surface area contributed by atoms with Gasteiger partial charge in [0, 0.05) is 18.5 Å². The number of nitrogens with two attached hydrogens (primary N) is 1. The van der Waals surface area contributed by atoms with Crippen LogP contribution in [0, 0.1) is 12.3 Å². The topological polar surface area (TPSA) is 72.9 Å². The normalized spacial score (nSPS) is 12.2. The summed E-state index contributed by atoms with van der Waals surface area (Å²) in [5.41, 5.74) is 5.59. The molecule has 0 bridgehead atoms. The zero-order valence-electron chi connectivity index (χ0n) is 9.47. The number of hydrogen-bond acceptors (Lipinski definition) is 3. The molecule has 5 nitrogen and oxygen atoms in total. The lowest BCUT2D eigenvalue weighted by Gasteiger charge is -2.13. The molecule has 1 aromatic heterocycles. The van der Waals surface area contributed by atoms with Crippen molar-refractivity contribution in [1.29, 1.82) is 0 Å². The zero-order valence-corrected chi connectivity index (χ0v) is 9.47. The molecule has 1 amide bonds. The van der Waals surface area contributed by atoms with Crippen LogP contribution in [0.25, 0.3) is 0 Å². The minimum atomic E-state index is -0.680. The van der Waals surface area contributed by atoms with E-state index in [2.05, 4.69) is 16.3 Å². The molecule has 0 aliphatic carbocycles. The molecule has 86 valence electrons. The van der Waals surface area contributed by atoms with Crippen molar-refractivity contribution < 1.29 is 4.79 Å². The lowest BCUT2D eigenvalue weighted by Crippen LogP contribution is -2.35. The van der Waals surface area contributed by atoms with E-state index in [0.717, 1.165) is 0 Å². The van der Waals surface area contributed by atoms with Gasteiger partial charge in [0.25, 0.3) is 0 Å². The molecule has 0 aliphatic heterocycles. The van der Waals surface area contributed by atoms with Gasteiger partial charge in [-0.2, -0.15) is 5.10 Å². The first kappa shape index (κ1) is 12.3. The van der Waals surface area contributed by atoms with Gasteiger partial charge in [0.1, 0.15) is 5.82 Å². The predicted octanol–water partition coefficient (Wildman–Crippen LogP) is 0.753. The Bertz CT molecular complexity index is 402. The molecule has 1 rings (SSSR count). The SMILES string of the molecule is C#CCC(N)C(=O)Nc1ccnn1C(C)C. The van der Waals surface area contributed by atoms with E-state index in [-0.39, 0.29) is 18.4 Å². The Morgan fingerprint density at radius 3 is 3.00 bits per heavy atom. The van der Waals surface area contributed by atoms with Gasteiger partial charge < -0.3 is 11.1 Å². The monoisotopic (exact) mass is 220 g/mol. The summed E-state index contributed by atoms with van der Waals surface area (Å²) in [6, 6.07) is 1.22. The highest BCUT2D eigenvalue weighted by molar-refractivity contribution is 5.94. The average molecular weight is 220 g/mol. The predicted molar refractivity (Wildman–Crippen MR) is 62.7 cm³/mol. The van der Waals surface area contributed by atoms with Crippen molar-refractivity contribution in [3.05, 3.63) is 12.3 Å². The summed E-state index contributed by atoms with van der Waals surface area (Å²) in [6.45, 7) is 3.95. The first-order chi connectivity index (χ1) is 7.56. The third-order valence-electron chi connectivity index (χ3n) is 2.09. The highest BCUT2D eigenvalue weighted by Crippen LogP contribution is 2.13. The van der Waals surface area contributed by atoms with Crippen molar-refractivity contribution in [2.75, 3.05) is 5.32 Å². The van der Waals surface area contributed by atoms with E-state index in [9.17, 15) is 4.79 Å². The van der Waals surface area contributed by atoms with Crippen LogP contribution in [0.15, 0.2) is 12.3 Å². The molecule has 0 spiro atoms. The van der Waals surface area contributed by atoms with Crippen molar-refractivity contribution in [2.45, 2.75) is 32.4 Å². The number of anilines is 1. The first-order valence-corrected chi connectivity index (χ1v) is 5.09. The fourth-order valence-electron chi connectivity index (χ4n) is 1.26. The second-order valence-corrected chi connectivity index (χ2v) is 3.76. The zero-order chi connectivity index (χ0) is 12.1. The second-order valence-electron chi connectivity index (χ2n) is 3.76. The summed E-state index contributed by atoms with van der Waals surface area (Å²) in [5.74, 6) is 2.70. The Kier molecular flexibility index (Phi) is 4.09. The summed E-state index contributed by atoms with van der Waals surface area (Å²) in [4.78, 5) is 11.6. The van der Waals surface area contributed by atoms with E-state index in [1.165, 1.54) is 0 Å². The van der Waals surface area contributed by atoms with Crippen molar-refractivity contribution >= 4 is 11.7 Å². The molecule has 1 aromatic rings. The van der Waals surface area contributed by atoms with Crippen molar-refractivity contribution in [3.8, 4) is 12.3 Å². The van der Waals surface area contributed by atoms with Crippen LogP contribution >= 0.6 is 0 Å². The van der Waals surface area contributed by atoms with Gasteiger partial charge in [-0.3, -0.25) is 4.79 Å². The Morgan fingerprint density at radius 2 is 2.44 bits per heavy atom. The van der Waals surface area contributed by atoms with Gasteiger partial charge in [-0.1, -0.05) is 0 Å². The molecule has 0 fully saturated rings. The van der Waals surface area contributed by atoms with Crippen LogP contribution in [0.4, 0.5) is 5.82 Å². The van der Waals surface area contributed by atoms with Crippen LogP contribution in [0.3, 0.4) is 0 Å². The number of terminal acetylenes is 1. The standard InChI is InChI=1S/C11H16N4O/c1-4-5-9(12)11(16)14-10-6-7-13-15(10)8(2)3/h1,6-9H,5,12H2,2-3H3,(H,14,16). The van der Waals surface area contributed by atoms with E-state index in [4.69, 9.17) is 12.2 Å². The quantitative estimate of drug-likeness (QED) is 0.735. The van der Waals surface area contributed by atoms with Gasteiger partial charge in [0.15, 0.2) is 0 Å². The molecule has 1 unspecified atom stereocenters. The van der Waals surface area contributed by atoms with E-state index in [1.807, 2.05) is 13.8 Å². The summed E-state index contributed by atoms with van der Waals surface area (Å²) in [5, 5.41) is 6.79. The largest absolute Gasteiger partial charge is 0.319 e. The molecule has 0 aromatic carbocycles.